The van der Waals surface area contributed by atoms with E-state index in [4.69, 9.17) is 5.11 Å². The first kappa shape index (κ1) is 8.90. The second-order valence-corrected chi connectivity index (χ2v) is 3.18. The molecule has 0 fully saturated rings. The van der Waals surface area contributed by atoms with Gasteiger partial charge in [-0.2, -0.15) is 0 Å². The number of ketones is 1. The molecule has 2 rings (SSSR count). The smallest absolute Gasteiger partial charge is 0.176 e. The average Bonchev–Trinajstić information content (AvgIpc) is 2.59. The molecule has 0 aliphatic rings. The summed E-state index contributed by atoms with van der Waals surface area (Å²) in [5, 5.41) is 9.74. The summed E-state index contributed by atoms with van der Waals surface area (Å²) in [7, 11) is 0. The van der Waals surface area contributed by atoms with Crippen molar-refractivity contribution in [2.75, 3.05) is 0 Å². The van der Waals surface area contributed by atoms with E-state index < -0.39 is 0 Å². The average molecular weight is 190 g/mol. The van der Waals surface area contributed by atoms with Crippen LogP contribution in [0.15, 0.2) is 18.3 Å². The van der Waals surface area contributed by atoms with Crippen LogP contribution in [0.2, 0.25) is 0 Å². The van der Waals surface area contributed by atoms with Crippen molar-refractivity contribution < 1.29 is 9.90 Å². The van der Waals surface area contributed by atoms with Crippen LogP contribution in [0.5, 0.6) is 0 Å². The first-order valence-corrected chi connectivity index (χ1v) is 4.30. The fourth-order valence-corrected chi connectivity index (χ4v) is 1.34. The first-order chi connectivity index (χ1) is 6.70. The molecular weight excluding hydrogens is 180 g/mol. The van der Waals surface area contributed by atoms with Gasteiger partial charge in [0, 0.05) is 18.5 Å². The summed E-state index contributed by atoms with van der Waals surface area (Å²) >= 11 is 0. The molecule has 4 nitrogen and oxygen atoms in total. The molecule has 0 aromatic carbocycles. The van der Waals surface area contributed by atoms with Crippen molar-refractivity contribution in [3.63, 3.8) is 0 Å². The van der Waals surface area contributed by atoms with Crippen LogP contribution >= 0.6 is 0 Å². The van der Waals surface area contributed by atoms with Gasteiger partial charge in [-0.25, -0.2) is 4.98 Å². The molecule has 0 saturated heterocycles. The minimum absolute atomic E-state index is 0.0199. The molecule has 0 unspecified atom stereocenters. The van der Waals surface area contributed by atoms with Crippen LogP contribution in [-0.2, 0) is 6.61 Å². The number of nitrogens with one attached hydrogen (secondary N) is 1. The molecule has 72 valence electrons. The number of hydrogen-bond acceptors (Lipinski definition) is 3. The number of aliphatic hydroxyl groups excluding tert-OH is 1. The Balaban J connectivity index is 2.60. The number of carbonyl (C=O) groups is 1. The van der Waals surface area contributed by atoms with Gasteiger partial charge in [0.25, 0.3) is 0 Å². The fraction of sp³-hybridized carbons (Fsp3) is 0.200. The zero-order chi connectivity index (χ0) is 10.1. The second kappa shape index (κ2) is 3.23. The number of H-pyrrole nitrogens is 1. The monoisotopic (exact) mass is 190 g/mol. The summed E-state index contributed by atoms with van der Waals surface area (Å²) in [6.45, 7) is 1.46. The van der Waals surface area contributed by atoms with E-state index >= 15 is 0 Å². The van der Waals surface area contributed by atoms with Crippen LogP contribution in [0.3, 0.4) is 0 Å². The van der Waals surface area contributed by atoms with Gasteiger partial charge in [-0.3, -0.25) is 4.79 Å². The highest BCUT2D eigenvalue weighted by Gasteiger charge is 2.05. The molecule has 2 N–H and O–H groups in total. The number of Topliss-reactive ketones (excluding diaryl/α,β-unsaturated/α-hetero) is 1. The summed E-state index contributed by atoms with van der Waals surface area (Å²) in [6.07, 6.45) is 1.59. The Morgan fingerprint density at radius 2 is 2.36 bits per heavy atom. The molecule has 0 saturated carbocycles. The molecule has 0 bridgehead atoms. The Hall–Kier alpha value is -1.68. The van der Waals surface area contributed by atoms with E-state index in [2.05, 4.69) is 9.97 Å². The summed E-state index contributed by atoms with van der Waals surface area (Å²) < 4.78 is 0. The summed E-state index contributed by atoms with van der Waals surface area (Å²) in [5.41, 5.74) is 1.96. The Labute approximate surface area is 80.6 Å². The molecule has 0 aliphatic heterocycles. The molecule has 4 heteroatoms. The van der Waals surface area contributed by atoms with Crippen molar-refractivity contribution in [1.82, 2.24) is 9.97 Å². The van der Waals surface area contributed by atoms with E-state index in [1.165, 1.54) is 6.92 Å². The predicted octanol–water partition coefficient (Wildman–Crippen LogP) is 1.26. The molecule has 2 heterocycles. The maximum Gasteiger partial charge on any atom is 0.176 e. The van der Waals surface area contributed by atoms with Gasteiger partial charge in [0.15, 0.2) is 5.78 Å². The molecule has 0 atom stereocenters. The lowest BCUT2D eigenvalue weighted by atomic mass is 10.2. The van der Waals surface area contributed by atoms with E-state index in [1.807, 2.05) is 6.07 Å². The normalized spacial score (nSPS) is 10.7. The van der Waals surface area contributed by atoms with Crippen molar-refractivity contribution in [3.05, 3.63) is 29.6 Å². The third-order valence-electron chi connectivity index (χ3n) is 2.09. The summed E-state index contributed by atoms with van der Waals surface area (Å²) in [6, 6.07) is 3.55. The lowest BCUT2D eigenvalue weighted by molar-refractivity contribution is 0.101. The van der Waals surface area contributed by atoms with E-state index in [-0.39, 0.29) is 12.4 Å². The highest BCUT2D eigenvalue weighted by atomic mass is 16.3. The summed E-state index contributed by atoms with van der Waals surface area (Å²) in [5.74, 6) is -0.0199. The van der Waals surface area contributed by atoms with Crippen LogP contribution in [0, 0.1) is 0 Å². The topological polar surface area (TPSA) is 66.0 Å². The van der Waals surface area contributed by atoms with Gasteiger partial charge in [0.05, 0.1) is 12.3 Å². The molecule has 2 aromatic rings. The highest BCUT2D eigenvalue weighted by Crippen LogP contribution is 2.14. The number of aromatic amines is 1. The third kappa shape index (κ3) is 1.40. The number of fused-ring (bicyclic) bond motifs is 1. The predicted molar refractivity (Wildman–Crippen MR) is 52.0 cm³/mol. The van der Waals surface area contributed by atoms with Crippen molar-refractivity contribution >= 4 is 16.8 Å². The van der Waals surface area contributed by atoms with Crippen molar-refractivity contribution in [2.45, 2.75) is 13.5 Å². The Morgan fingerprint density at radius 1 is 1.57 bits per heavy atom. The van der Waals surface area contributed by atoms with Gasteiger partial charge in [-0.05, 0) is 17.7 Å². The minimum atomic E-state index is -0.0382. The molecule has 0 radical (unpaired) electrons. The SMILES string of the molecule is CC(=O)c1cc2cc(CO)cnc2[nH]1. The van der Waals surface area contributed by atoms with Crippen LogP contribution < -0.4 is 0 Å². The van der Waals surface area contributed by atoms with Gasteiger partial charge in [-0.15, -0.1) is 0 Å². The molecule has 0 aliphatic carbocycles. The molecular formula is C10H10N2O2. The van der Waals surface area contributed by atoms with Crippen molar-refractivity contribution in [3.8, 4) is 0 Å². The van der Waals surface area contributed by atoms with Crippen molar-refractivity contribution in [2.24, 2.45) is 0 Å². The Bertz CT molecular complexity index is 488. The first-order valence-electron chi connectivity index (χ1n) is 4.30. The molecule has 14 heavy (non-hydrogen) atoms. The minimum Gasteiger partial charge on any atom is -0.392 e. The van der Waals surface area contributed by atoms with E-state index in [0.717, 1.165) is 10.9 Å². The maximum atomic E-state index is 11.1. The number of aromatic nitrogens is 2. The largest absolute Gasteiger partial charge is 0.392 e. The van der Waals surface area contributed by atoms with Crippen LogP contribution in [-0.4, -0.2) is 20.9 Å². The number of rotatable bonds is 2. The zero-order valence-corrected chi connectivity index (χ0v) is 7.74. The van der Waals surface area contributed by atoms with Gasteiger partial charge in [-0.1, -0.05) is 0 Å². The van der Waals surface area contributed by atoms with Gasteiger partial charge < -0.3 is 10.1 Å². The van der Waals surface area contributed by atoms with Crippen LogP contribution in [0.25, 0.3) is 11.0 Å². The quantitative estimate of drug-likeness (QED) is 0.700. The Kier molecular flexibility index (Phi) is 2.05. The van der Waals surface area contributed by atoms with Gasteiger partial charge in [0.2, 0.25) is 0 Å². The summed E-state index contributed by atoms with van der Waals surface area (Å²) in [4.78, 5) is 18.1. The molecule has 2 aromatic heterocycles. The lowest BCUT2D eigenvalue weighted by Crippen LogP contribution is -1.90. The number of carbonyl (C=O) groups excluding carboxylic acids is 1. The zero-order valence-electron chi connectivity index (χ0n) is 7.74. The second-order valence-electron chi connectivity index (χ2n) is 3.18. The number of aliphatic hydroxyl groups is 1. The van der Waals surface area contributed by atoms with Crippen molar-refractivity contribution in [1.29, 1.82) is 0 Å². The molecule has 0 amide bonds. The fourth-order valence-electron chi connectivity index (χ4n) is 1.34. The van der Waals surface area contributed by atoms with E-state index in [1.54, 1.807) is 12.3 Å². The Morgan fingerprint density at radius 3 is 3.00 bits per heavy atom. The maximum absolute atomic E-state index is 11.1. The lowest BCUT2D eigenvalue weighted by Gasteiger charge is -1.93. The van der Waals surface area contributed by atoms with Gasteiger partial charge in [0.1, 0.15) is 5.65 Å². The van der Waals surface area contributed by atoms with Crippen LogP contribution in [0.1, 0.15) is 23.0 Å². The van der Waals surface area contributed by atoms with Crippen LogP contribution in [0.4, 0.5) is 0 Å². The highest BCUT2D eigenvalue weighted by molar-refractivity contribution is 5.97. The van der Waals surface area contributed by atoms with E-state index in [9.17, 15) is 4.79 Å². The third-order valence-corrected chi connectivity index (χ3v) is 2.09. The van der Waals surface area contributed by atoms with Gasteiger partial charge >= 0.3 is 0 Å². The number of pyridine rings is 1. The number of nitrogens with zero attached hydrogens (tertiary/aromatic N) is 1. The number of hydrogen-bond donors (Lipinski definition) is 2. The standard InChI is InChI=1S/C10H10N2O2/c1-6(14)9-3-8-2-7(5-13)4-11-10(8)12-9/h2-4,13H,5H2,1H3,(H,11,12). The van der Waals surface area contributed by atoms with E-state index in [0.29, 0.717) is 11.3 Å². The molecule has 0 spiro atoms.